The predicted octanol–water partition coefficient (Wildman–Crippen LogP) is 4.63. The number of pyridine rings is 1. The molecule has 0 amide bonds. The van der Waals surface area contributed by atoms with Crippen LogP contribution in [-0.2, 0) is 0 Å². The molecule has 0 unspecified atom stereocenters. The highest BCUT2D eigenvalue weighted by Gasteiger charge is 2.28. The quantitative estimate of drug-likeness (QED) is 0.775. The van der Waals surface area contributed by atoms with Crippen LogP contribution in [0.15, 0.2) is 42.6 Å². The molecule has 0 aliphatic carbocycles. The molecule has 138 valence electrons. The Bertz CT molecular complexity index is 788. The van der Waals surface area contributed by atoms with Crippen LogP contribution in [0.4, 0.5) is 18.9 Å². The Labute approximate surface area is 149 Å². The topological polar surface area (TPSA) is 34.6 Å². The minimum Gasteiger partial charge on any atom is -0.497 e. The number of hydrogen-bond donors (Lipinski definition) is 0. The Hall–Kier alpha value is -2.70. The lowest BCUT2D eigenvalue weighted by atomic mass is 10.0. The molecule has 1 aromatic heterocycles. The first-order chi connectivity index (χ1) is 12.4. The number of methoxy groups -OCH3 is 1. The summed E-state index contributed by atoms with van der Waals surface area (Å²) in [6.07, 6.45) is 1.06. The highest BCUT2D eigenvalue weighted by Crippen LogP contribution is 2.35. The molecule has 0 radical (unpaired) electrons. The minimum atomic E-state index is -4.36. The molecule has 0 spiro atoms. The van der Waals surface area contributed by atoms with E-state index in [1.165, 1.54) is 12.3 Å². The van der Waals surface area contributed by atoms with Crippen LogP contribution in [-0.4, -0.2) is 31.4 Å². The van der Waals surface area contributed by atoms with Gasteiger partial charge in [0.1, 0.15) is 11.5 Å². The molecule has 2 heterocycles. The summed E-state index contributed by atoms with van der Waals surface area (Å²) < 4.78 is 46.6. The van der Waals surface area contributed by atoms with Gasteiger partial charge in [-0.2, -0.15) is 13.2 Å². The van der Waals surface area contributed by atoms with Gasteiger partial charge in [0, 0.05) is 17.8 Å². The van der Waals surface area contributed by atoms with E-state index in [0.29, 0.717) is 6.54 Å². The minimum absolute atomic E-state index is 0.0521. The number of aromatic nitrogens is 1. The van der Waals surface area contributed by atoms with Crippen molar-refractivity contribution in [3.63, 3.8) is 0 Å². The van der Waals surface area contributed by atoms with Gasteiger partial charge in [-0.15, -0.1) is 0 Å². The molecule has 7 heteroatoms. The van der Waals surface area contributed by atoms with Crippen molar-refractivity contribution in [1.82, 2.24) is 4.98 Å². The number of nitrogens with zero attached hydrogens (tertiary/aromatic N) is 2. The van der Waals surface area contributed by atoms with Gasteiger partial charge in [-0.25, -0.2) is 0 Å². The van der Waals surface area contributed by atoms with Gasteiger partial charge in [-0.1, -0.05) is 12.2 Å². The molecule has 0 bridgehead atoms. The zero-order valence-corrected chi connectivity index (χ0v) is 14.5. The third kappa shape index (κ3) is 4.09. The Morgan fingerprint density at radius 2 is 1.96 bits per heavy atom. The molecule has 3 rings (SSSR count). The molecule has 1 aliphatic heterocycles. The highest BCUT2D eigenvalue weighted by atomic mass is 19.4. The summed E-state index contributed by atoms with van der Waals surface area (Å²) in [5.41, 5.74) is 2.86. The predicted molar refractivity (Wildman–Crippen MR) is 93.6 cm³/mol. The molecule has 0 saturated carbocycles. The third-order valence-corrected chi connectivity index (χ3v) is 4.20. The van der Waals surface area contributed by atoms with Gasteiger partial charge in [-0.05, 0) is 37.3 Å². The van der Waals surface area contributed by atoms with Crippen molar-refractivity contribution in [2.24, 2.45) is 0 Å². The number of benzene rings is 1. The van der Waals surface area contributed by atoms with Gasteiger partial charge >= 0.3 is 6.18 Å². The van der Waals surface area contributed by atoms with Crippen LogP contribution in [0, 0.1) is 0 Å². The standard InChI is InChI=1S/C19H19F3N2O2/c1-13(17-7-5-16(11-23-17)26-12-19(20,21)22)24-9-3-4-14-10-15(25-2)6-8-18(14)24/h3-8,10-11,13H,9,12H2,1-2H3/t13-/m1/s1. The van der Waals surface area contributed by atoms with Crippen molar-refractivity contribution in [1.29, 1.82) is 0 Å². The zero-order chi connectivity index (χ0) is 18.7. The molecule has 0 N–H and O–H groups in total. The molecule has 0 fully saturated rings. The first-order valence-corrected chi connectivity index (χ1v) is 8.14. The van der Waals surface area contributed by atoms with E-state index in [4.69, 9.17) is 9.47 Å². The van der Waals surface area contributed by atoms with Gasteiger partial charge in [0.15, 0.2) is 6.61 Å². The van der Waals surface area contributed by atoms with Gasteiger partial charge in [0.05, 0.1) is 25.0 Å². The fourth-order valence-electron chi connectivity index (χ4n) is 2.86. The molecule has 1 aromatic carbocycles. The monoisotopic (exact) mass is 364 g/mol. The van der Waals surface area contributed by atoms with Crippen LogP contribution in [0.5, 0.6) is 11.5 Å². The maximum atomic E-state index is 12.2. The summed E-state index contributed by atoms with van der Waals surface area (Å²) >= 11 is 0. The number of ether oxygens (including phenoxy) is 2. The second-order valence-corrected chi connectivity index (χ2v) is 5.98. The number of anilines is 1. The molecular formula is C19H19F3N2O2. The van der Waals surface area contributed by atoms with Crippen LogP contribution in [0.25, 0.3) is 6.08 Å². The SMILES string of the molecule is COc1ccc2c(c1)C=CCN2[C@H](C)c1ccc(OCC(F)(F)F)cn1. The molecule has 1 aliphatic rings. The Morgan fingerprint density at radius 3 is 2.62 bits per heavy atom. The summed E-state index contributed by atoms with van der Waals surface area (Å²) in [7, 11) is 1.63. The van der Waals surface area contributed by atoms with E-state index >= 15 is 0 Å². The van der Waals surface area contributed by atoms with Gasteiger partial charge in [0.2, 0.25) is 0 Å². The molecule has 26 heavy (non-hydrogen) atoms. The van der Waals surface area contributed by atoms with Crippen molar-refractivity contribution in [3.05, 3.63) is 53.9 Å². The van der Waals surface area contributed by atoms with E-state index in [1.807, 2.05) is 31.2 Å². The number of rotatable bonds is 5. The van der Waals surface area contributed by atoms with Crippen molar-refractivity contribution in [2.45, 2.75) is 19.1 Å². The number of halogens is 3. The second-order valence-electron chi connectivity index (χ2n) is 5.98. The Morgan fingerprint density at radius 1 is 1.19 bits per heavy atom. The number of alkyl halides is 3. The maximum Gasteiger partial charge on any atom is 0.422 e. The lowest BCUT2D eigenvalue weighted by Gasteiger charge is -2.33. The number of fused-ring (bicyclic) bond motifs is 1. The molecule has 1 atom stereocenters. The molecule has 2 aromatic rings. The normalized spacial score (nSPS) is 14.7. The lowest BCUT2D eigenvalue weighted by Crippen LogP contribution is -2.29. The van der Waals surface area contributed by atoms with E-state index in [1.54, 1.807) is 13.2 Å². The van der Waals surface area contributed by atoms with Crippen LogP contribution in [0.2, 0.25) is 0 Å². The van der Waals surface area contributed by atoms with Crippen LogP contribution in [0.1, 0.15) is 24.2 Å². The van der Waals surface area contributed by atoms with Gasteiger partial charge < -0.3 is 14.4 Å². The van der Waals surface area contributed by atoms with E-state index in [0.717, 1.165) is 22.7 Å². The van der Waals surface area contributed by atoms with Crippen molar-refractivity contribution in [3.8, 4) is 11.5 Å². The van der Waals surface area contributed by atoms with Crippen molar-refractivity contribution >= 4 is 11.8 Å². The van der Waals surface area contributed by atoms with E-state index in [-0.39, 0.29) is 11.8 Å². The third-order valence-electron chi connectivity index (χ3n) is 4.20. The van der Waals surface area contributed by atoms with E-state index in [9.17, 15) is 13.2 Å². The fourth-order valence-corrected chi connectivity index (χ4v) is 2.86. The summed E-state index contributed by atoms with van der Waals surface area (Å²) in [5, 5.41) is 0. The largest absolute Gasteiger partial charge is 0.497 e. The fraction of sp³-hybridized carbons (Fsp3) is 0.316. The maximum absolute atomic E-state index is 12.2. The summed E-state index contributed by atoms with van der Waals surface area (Å²) in [5.74, 6) is 0.883. The summed E-state index contributed by atoms with van der Waals surface area (Å²) in [4.78, 5) is 6.45. The van der Waals surface area contributed by atoms with Crippen LogP contribution >= 0.6 is 0 Å². The first-order valence-electron chi connectivity index (χ1n) is 8.14. The van der Waals surface area contributed by atoms with E-state index < -0.39 is 12.8 Å². The second kappa shape index (κ2) is 7.27. The summed E-state index contributed by atoms with van der Waals surface area (Å²) in [6, 6.07) is 9.01. The van der Waals surface area contributed by atoms with Crippen molar-refractivity contribution in [2.75, 3.05) is 25.2 Å². The van der Waals surface area contributed by atoms with E-state index in [2.05, 4.69) is 16.0 Å². The Kier molecular flexibility index (Phi) is 5.06. The highest BCUT2D eigenvalue weighted by molar-refractivity contribution is 5.73. The summed E-state index contributed by atoms with van der Waals surface area (Å²) in [6.45, 7) is 1.40. The van der Waals surface area contributed by atoms with Gasteiger partial charge in [-0.3, -0.25) is 4.98 Å². The van der Waals surface area contributed by atoms with Crippen LogP contribution < -0.4 is 14.4 Å². The average molecular weight is 364 g/mol. The van der Waals surface area contributed by atoms with Crippen molar-refractivity contribution < 1.29 is 22.6 Å². The Balaban J connectivity index is 1.76. The molecular weight excluding hydrogens is 345 g/mol. The smallest absolute Gasteiger partial charge is 0.422 e. The van der Waals surface area contributed by atoms with Gasteiger partial charge in [0.25, 0.3) is 0 Å². The molecule has 0 saturated heterocycles. The zero-order valence-electron chi connectivity index (χ0n) is 14.5. The lowest BCUT2D eigenvalue weighted by molar-refractivity contribution is -0.153. The molecule has 4 nitrogen and oxygen atoms in total. The average Bonchev–Trinajstić information content (AvgIpc) is 2.64. The first kappa shape index (κ1) is 18.1. The number of hydrogen-bond acceptors (Lipinski definition) is 4. The van der Waals surface area contributed by atoms with Crippen LogP contribution in [0.3, 0.4) is 0 Å².